The first-order valence-electron chi connectivity index (χ1n) is 12.0. The molecule has 1 unspecified atom stereocenters. The van der Waals surface area contributed by atoms with Gasteiger partial charge in [-0.05, 0) is 38.7 Å². The molecule has 1 fully saturated rings. The van der Waals surface area contributed by atoms with Gasteiger partial charge >= 0.3 is 5.97 Å². The Morgan fingerprint density at radius 1 is 1.24 bits per heavy atom. The fourth-order valence-electron chi connectivity index (χ4n) is 4.60. The van der Waals surface area contributed by atoms with Crippen LogP contribution in [0, 0.1) is 0 Å². The van der Waals surface area contributed by atoms with Gasteiger partial charge in [-0.15, -0.1) is 5.10 Å². The average Bonchev–Trinajstić information content (AvgIpc) is 3.44. The molecule has 182 valence electrons. The molecule has 0 aliphatic carbocycles. The number of para-hydroxylation sites is 1. The van der Waals surface area contributed by atoms with Crippen molar-refractivity contribution in [3.05, 3.63) is 35.5 Å². The fourth-order valence-corrected chi connectivity index (χ4v) is 4.60. The number of aliphatic hydroxyl groups excluding tert-OH is 1. The Labute approximate surface area is 200 Å². The van der Waals surface area contributed by atoms with Gasteiger partial charge in [0.05, 0.1) is 24.0 Å². The topological polar surface area (TPSA) is 105 Å². The molecule has 1 atom stereocenters. The Kier molecular flexibility index (Phi) is 7.02. The van der Waals surface area contributed by atoms with Gasteiger partial charge in [-0.3, -0.25) is 4.79 Å². The zero-order valence-electron chi connectivity index (χ0n) is 20.6. The molecule has 1 aromatic carbocycles. The van der Waals surface area contributed by atoms with Gasteiger partial charge in [0.1, 0.15) is 5.75 Å². The van der Waals surface area contributed by atoms with Gasteiger partial charge in [0.15, 0.2) is 11.5 Å². The SMILES string of the molecule is CC(=O)Oc1ccccc1CNc1nc(N2CCCC2CO)n(C(C)C)c2c(C(C)C)nnc1-2. The summed E-state index contributed by atoms with van der Waals surface area (Å²) in [6.45, 7) is 11.2. The third kappa shape index (κ3) is 4.57. The number of carbonyl (C=O) groups excluding carboxylic acids is 1. The smallest absolute Gasteiger partial charge is 0.308 e. The van der Waals surface area contributed by atoms with Crippen LogP contribution >= 0.6 is 0 Å². The van der Waals surface area contributed by atoms with Crippen molar-refractivity contribution in [2.24, 2.45) is 0 Å². The average molecular weight is 467 g/mol. The lowest BCUT2D eigenvalue weighted by Gasteiger charge is -2.31. The molecule has 0 amide bonds. The van der Waals surface area contributed by atoms with Crippen molar-refractivity contribution in [2.75, 3.05) is 23.4 Å². The number of carbonyl (C=O) groups is 1. The van der Waals surface area contributed by atoms with Crippen molar-refractivity contribution < 1.29 is 14.6 Å². The van der Waals surface area contributed by atoms with Crippen molar-refractivity contribution >= 4 is 17.7 Å². The highest BCUT2D eigenvalue weighted by Crippen LogP contribution is 2.40. The minimum absolute atomic E-state index is 0.0332. The molecule has 3 aliphatic heterocycles. The monoisotopic (exact) mass is 466 g/mol. The number of aliphatic hydroxyl groups is 1. The number of nitrogens with one attached hydrogen (secondary N) is 1. The van der Waals surface area contributed by atoms with Gasteiger partial charge in [0.25, 0.3) is 0 Å². The number of aromatic nitrogens is 4. The molecule has 0 radical (unpaired) electrons. The van der Waals surface area contributed by atoms with E-state index in [1.54, 1.807) is 6.07 Å². The lowest BCUT2D eigenvalue weighted by molar-refractivity contribution is -0.131. The van der Waals surface area contributed by atoms with Gasteiger partial charge in [0, 0.05) is 31.6 Å². The van der Waals surface area contributed by atoms with E-state index in [0.717, 1.165) is 42.3 Å². The molecule has 1 saturated heterocycles. The van der Waals surface area contributed by atoms with Crippen LogP contribution in [-0.2, 0) is 11.3 Å². The molecule has 3 aliphatic rings. The Balaban J connectivity index is 1.81. The minimum Gasteiger partial charge on any atom is -0.426 e. The molecule has 34 heavy (non-hydrogen) atoms. The van der Waals surface area contributed by atoms with Crippen LogP contribution in [0.3, 0.4) is 0 Å². The van der Waals surface area contributed by atoms with Crippen molar-refractivity contribution in [2.45, 2.75) is 72.0 Å². The van der Waals surface area contributed by atoms with Crippen molar-refractivity contribution in [3.8, 4) is 17.1 Å². The third-order valence-corrected chi connectivity index (χ3v) is 6.20. The van der Waals surface area contributed by atoms with E-state index in [-0.39, 0.29) is 30.6 Å². The van der Waals surface area contributed by atoms with Crippen LogP contribution in [0.1, 0.15) is 70.7 Å². The number of benzene rings is 1. The van der Waals surface area contributed by atoms with Crippen LogP contribution in [0.2, 0.25) is 0 Å². The summed E-state index contributed by atoms with van der Waals surface area (Å²) < 4.78 is 7.58. The van der Waals surface area contributed by atoms with Gasteiger partial charge < -0.3 is 24.6 Å². The second kappa shape index (κ2) is 9.97. The maximum Gasteiger partial charge on any atom is 0.308 e. The predicted molar refractivity (Wildman–Crippen MR) is 131 cm³/mol. The second-order valence-corrected chi connectivity index (χ2v) is 9.39. The van der Waals surface area contributed by atoms with Crippen LogP contribution in [0.5, 0.6) is 5.75 Å². The summed E-state index contributed by atoms with van der Waals surface area (Å²) in [5.74, 6) is 1.79. The van der Waals surface area contributed by atoms with Crippen LogP contribution in [0.4, 0.5) is 11.8 Å². The quantitative estimate of drug-likeness (QED) is 0.379. The van der Waals surface area contributed by atoms with E-state index in [0.29, 0.717) is 23.8 Å². The first kappa shape index (κ1) is 23.9. The number of hydrogen-bond acceptors (Lipinski definition) is 8. The number of nitrogens with zero attached hydrogens (tertiary/aromatic N) is 5. The molecule has 0 spiro atoms. The van der Waals surface area contributed by atoms with E-state index in [1.165, 1.54) is 6.92 Å². The lowest BCUT2D eigenvalue weighted by atomic mass is 10.1. The summed E-state index contributed by atoms with van der Waals surface area (Å²) in [6, 6.07) is 7.60. The standard InChI is InChI=1S/C25H34N6O3/c1-15(2)21-23-22(29-28-21)24(26-13-18-9-6-7-11-20(18)34-17(5)33)27-25(31(23)16(3)4)30-12-8-10-19(30)14-32/h6-7,9,11,15-16,19,26,32H,8,10,12-14H2,1-5H3. The minimum atomic E-state index is -0.361. The molecule has 9 nitrogen and oxygen atoms in total. The summed E-state index contributed by atoms with van der Waals surface area (Å²) in [7, 11) is 0. The molecule has 2 N–H and O–H groups in total. The molecule has 0 bridgehead atoms. The number of rotatable bonds is 8. The lowest BCUT2D eigenvalue weighted by Crippen LogP contribution is -2.36. The number of fused-ring (bicyclic) bond motifs is 1. The Bertz CT molecular complexity index is 1130. The van der Waals surface area contributed by atoms with Crippen LogP contribution < -0.4 is 15.0 Å². The maximum atomic E-state index is 11.5. The first-order chi connectivity index (χ1) is 16.3. The zero-order chi connectivity index (χ0) is 24.4. The first-order valence-corrected chi connectivity index (χ1v) is 12.0. The van der Waals surface area contributed by atoms with Gasteiger partial charge in [-0.2, -0.15) is 10.1 Å². The Hall–Kier alpha value is -3.20. The second-order valence-electron chi connectivity index (χ2n) is 9.39. The number of hydrogen-bond donors (Lipinski definition) is 2. The van der Waals surface area contributed by atoms with E-state index < -0.39 is 0 Å². The van der Waals surface area contributed by atoms with Crippen LogP contribution in [0.15, 0.2) is 24.3 Å². The molecule has 0 aromatic heterocycles. The number of ether oxygens (including phenoxy) is 1. The highest BCUT2D eigenvalue weighted by molar-refractivity contribution is 5.75. The molecular weight excluding hydrogens is 432 g/mol. The normalized spacial score (nSPS) is 16.1. The third-order valence-electron chi connectivity index (χ3n) is 6.20. The van der Waals surface area contributed by atoms with Gasteiger partial charge in [-0.25, -0.2) is 0 Å². The maximum absolute atomic E-state index is 11.5. The highest BCUT2D eigenvalue weighted by atomic mass is 16.5. The van der Waals surface area contributed by atoms with Gasteiger partial charge in [-0.1, -0.05) is 32.0 Å². The summed E-state index contributed by atoms with van der Waals surface area (Å²) in [5, 5.41) is 22.5. The Morgan fingerprint density at radius 3 is 2.68 bits per heavy atom. The van der Waals surface area contributed by atoms with Crippen molar-refractivity contribution in [1.82, 2.24) is 19.7 Å². The summed E-state index contributed by atoms with van der Waals surface area (Å²) in [4.78, 5) is 18.8. The van der Waals surface area contributed by atoms with Gasteiger partial charge in [0.2, 0.25) is 5.95 Å². The molecule has 4 rings (SSSR count). The molecule has 3 heterocycles. The number of esters is 1. The molecular formula is C25H34N6O3. The largest absolute Gasteiger partial charge is 0.426 e. The fraction of sp³-hybridized carbons (Fsp3) is 0.520. The molecule has 1 aromatic rings. The Morgan fingerprint density at radius 2 is 2.00 bits per heavy atom. The highest BCUT2D eigenvalue weighted by Gasteiger charge is 2.33. The van der Waals surface area contributed by atoms with E-state index in [9.17, 15) is 9.90 Å². The number of anilines is 2. The van der Waals surface area contributed by atoms with Crippen LogP contribution in [0.25, 0.3) is 11.4 Å². The van der Waals surface area contributed by atoms with E-state index in [2.05, 4.69) is 52.7 Å². The summed E-state index contributed by atoms with van der Waals surface area (Å²) in [6.07, 6.45) is 1.94. The van der Waals surface area contributed by atoms with E-state index >= 15 is 0 Å². The van der Waals surface area contributed by atoms with E-state index in [4.69, 9.17) is 9.72 Å². The predicted octanol–water partition coefficient (Wildman–Crippen LogP) is 3.98. The summed E-state index contributed by atoms with van der Waals surface area (Å²) in [5.41, 5.74) is 3.45. The molecule has 9 heteroatoms. The zero-order valence-corrected chi connectivity index (χ0v) is 20.6. The molecule has 0 saturated carbocycles. The van der Waals surface area contributed by atoms with Crippen molar-refractivity contribution in [1.29, 1.82) is 0 Å². The van der Waals surface area contributed by atoms with E-state index in [1.807, 2.05) is 18.2 Å². The van der Waals surface area contributed by atoms with Crippen LogP contribution in [-0.4, -0.2) is 50.0 Å². The summed E-state index contributed by atoms with van der Waals surface area (Å²) >= 11 is 0. The van der Waals surface area contributed by atoms with Crippen molar-refractivity contribution in [3.63, 3.8) is 0 Å².